The maximum atomic E-state index is 10.7. The fraction of sp³-hybridized carbons (Fsp3) is 0.222. The van der Waals surface area contributed by atoms with Gasteiger partial charge in [0.2, 0.25) is 0 Å². The van der Waals surface area contributed by atoms with Crippen molar-refractivity contribution in [3.05, 3.63) is 29.6 Å². The Morgan fingerprint density at radius 1 is 1.46 bits per heavy atom. The fourth-order valence-corrected chi connectivity index (χ4v) is 0.911. The van der Waals surface area contributed by atoms with Gasteiger partial charge in [-0.25, -0.2) is 4.79 Å². The Hall–Kier alpha value is -1.71. The molecule has 4 heteroatoms. The first-order chi connectivity index (χ1) is 6.09. The van der Waals surface area contributed by atoms with E-state index < -0.39 is 5.97 Å². The van der Waals surface area contributed by atoms with Gasteiger partial charge in [0.1, 0.15) is 5.78 Å². The van der Waals surface area contributed by atoms with E-state index in [1.165, 1.54) is 19.2 Å². The zero-order chi connectivity index (χ0) is 9.84. The van der Waals surface area contributed by atoms with Gasteiger partial charge in [-0.2, -0.15) is 0 Å². The third kappa shape index (κ3) is 2.66. The summed E-state index contributed by atoms with van der Waals surface area (Å²) in [4.78, 5) is 24.9. The van der Waals surface area contributed by atoms with Crippen LogP contribution in [0.1, 0.15) is 23.0 Å². The van der Waals surface area contributed by atoms with Crippen LogP contribution in [-0.2, 0) is 11.2 Å². The monoisotopic (exact) mass is 179 g/mol. The van der Waals surface area contributed by atoms with Gasteiger partial charge in [-0.3, -0.25) is 9.78 Å². The summed E-state index contributed by atoms with van der Waals surface area (Å²) in [6.07, 6.45) is 1.50. The second-order valence-corrected chi connectivity index (χ2v) is 2.72. The van der Waals surface area contributed by atoms with Crippen LogP contribution in [0.15, 0.2) is 18.3 Å². The molecular weight excluding hydrogens is 170 g/mol. The molecule has 0 atom stereocenters. The number of hydrogen-bond donors (Lipinski definition) is 1. The number of ketones is 1. The summed E-state index contributed by atoms with van der Waals surface area (Å²) >= 11 is 0. The van der Waals surface area contributed by atoms with Crippen LogP contribution in [0, 0.1) is 0 Å². The number of nitrogens with zero attached hydrogens (tertiary/aromatic N) is 1. The van der Waals surface area contributed by atoms with Crippen molar-refractivity contribution in [3.8, 4) is 0 Å². The van der Waals surface area contributed by atoms with Crippen LogP contribution in [0.4, 0.5) is 0 Å². The standard InChI is InChI=1S/C9H9NO3/c1-6(11)4-8-3-2-7(5-10-8)9(12)13/h2-3,5H,4H2,1H3,(H,12,13). The first-order valence-electron chi connectivity index (χ1n) is 3.77. The minimum absolute atomic E-state index is 0.00979. The zero-order valence-electron chi connectivity index (χ0n) is 7.15. The third-order valence-corrected chi connectivity index (χ3v) is 1.50. The molecule has 1 heterocycles. The lowest BCUT2D eigenvalue weighted by atomic mass is 10.2. The molecule has 68 valence electrons. The van der Waals surface area contributed by atoms with Gasteiger partial charge in [0.15, 0.2) is 0 Å². The first kappa shape index (κ1) is 9.38. The highest BCUT2D eigenvalue weighted by Crippen LogP contribution is 2.01. The molecule has 0 unspecified atom stereocenters. The molecule has 4 nitrogen and oxygen atoms in total. The normalized spacial score (nSPS) is 9.62. The van der Waals surface area contributed by atoms with Crippen LogP contribution < -0.4 is 0 Å². The lowest BCUT2D eigenvalue weighted by molar-refractivity contribution is -0.116. The average Bonchev–Trinajstić information content (AvgIpc) is 2.04. The number of carbonyl (C=O) groups excluding carboxylic acids is 1. The van der Waals surface area contributed by atoms with Crippen molar-refractivity contribution in [2.45, 2.75) is 13.3 Å². The number of carbonyl (C=O) groups is 2. The molecule has 0 aliphatic heterocycles. The predicted molar refractivity (Wildman–Crippen MR) is 45.6 cm³/mol. The molecule has 0 amide bonds. The number of aromatic carboxylic acids is 1. The molecule has 0 saturated heterocycles. The highest BCUT2D eigenvalue weighted by atomic mass is 16.4. The van der Waals surface area contributed by atoms with Crippen molar-refractivity contribution in [2.24, 2.45) is 0 Å². The van der Waals surface area contributed by atoms with Crippen LogP contribution in [-0.4, -0.2) is 21.8 Å². The van der Waals surface area contributed by atoms with Crippen LogP contribution in [0.5, 0.6) is 0 Å². The molecule has 0 spiro atoms. The van der Waals surface area contributed by atoms with Gasteiger partial charge in [0.05, 0.1) is 5.56 Å². The van der Waals surface area contributed by atoms with Gasteiger partial charge in [0.25, 0.3) is 0 Å². The number of rotatable bonds is 3. The van der Waals surface area contributed by atoms with Crippen molar-refractivity contribution >= 4 is 11.8 Å². The summed E-state index contributed by atoms with van der Waals surface area (Å²) in [7, 11) is 0. The van der Waals surface area contributed by atoms with Crippen LogP contribution >= 0.6 is 0 Å². The van der Waals surface area contributed by atoms with E-state index in [0.29, 0.717) is 5.69 Å². The van der Waals surface area contributed by atoms with E-state index in [4.69, 9.17) is 5.11 Å². The fourth-order valence-electron chi connectivity index (χ4n) is 0.911. The number of Topliss-reactive ketones (excluding diaryl/α,β-unsaturated/α-hetero) is 1. The van der Waals surface area contributed by atoms with Gasteiger partial charge in [-0.05, 0) is 19.1 Å². The van der Waals surface area contributed by atoms with E-state index in [1.807, 2.05) is 0 Å². The summed E-state index contributed by atoms with van der Waals surface area (Å²) in [5, 5.41) is 8.55. The predicted octanol–water partition coefficient (Wildman–Crippen LogP) is 0.911. The van der Waals surface area contributed by atoms with E-state index in [-0.39, 0.29) is 17.8 Å². The van der Waals surface area contributed by atoms with Crippen LogP contribution in [0.25, 0.3) is 0 Å². The van der Waals surface area contributed by atoms with Gasteiger partial charge < -0.3 is 5.11 Å². The quantitative estimate of drug-likeness (QED) is 0.748. The topological polar surface area (TPSA) is 67.3 Å². The van der Waals surface area contributed by atoms with Crippen molar-refractivity contribution in [1.82, 2.24) is 4.98 Å². The number of pyridine rings is 1. The lowest BCUT2D eigenvalue weighted by Gasteiger charge is -1.97. The van der Waals surface area contributed by atoms with Gasteiger partial charge in [-0.15, -0.1) is 0 Å². The van der Waals surface area contributed by atoms with Crippen molar-refractivity contribution < 1.29 is 14.7 Å². The summed E-state index contributed by atoms with van der Waals surface area (Å²) in [5.74, 6) is -1.00. The Morgan fingerprint density at radius 3 is 2.54 bits per heavy atom. The van der Waals surface area contributed by atoms with Crippen LogP contribution in [0.3, 0.4) is 0 Å². The Balaban J connectivity index is 2.81. The number of hydrogen-bond acceptors (Lipinski definition) is 3. The Morgan fingerprint density at radius 2 is 2.15 bits per heavy atom. The molecule has 0 saturated carbocycles. The van der Waals surface area contributed by atoms with E-state index in [2.05, 4.69) is 4.98 Å². The summed E-state index contributed by atoms with van der Waals surface area (Å²) in [6, 6.07) is 2.98. The highest BCUT2D eigenvalue weighted by molar-refractivity contribution is 5.87. The third-order valence-electron chi connectivity index (χ3n) is 1.50. The molecular formula is C9H9NO3. The maximum Gasteiger partial charge on any atom is 0.337 e. The SMILES string of the molecule is CC(=O)Cc1ccc(C(=O)O)cn1. The Kier molecular flexibility index (Phi) is 2.74. The second-order valence-electron chi connectivity index (χ2n) is 2.72. The van der Waals surface area contributed by atoms with Gasteiger partial charge in [-0.1, -0.05) is 0 Å². The van der Waals surface area contributed by atoms with E-state index in [1.54, 1.807) is 6.07 Å². The zero-order valence-corrected chi connectivity index (χ0v) is 7.15. The van der Waals surface area contributed by atoms with Crippen molar-refractivity contribution in [1.29, 1.82) is 0 Å². The van der Waals surface area contributed by atoms with Crippen molar-refractivity contribution in [2.75, 3.05) is 0 Å². The number of carboxylic acid groups (broad SMARTS) is 1. The molecule has 1 N–H and O–H groups in total. The van der Waals surface area contributed by atoms with E-state index >= 15 is 0 Å². The Bertz CT molecular complexity index is 329. The molecule has 0 aliphatic carbocycles. The summed E-state index contributed by atoms with van der Waals surface area (Å²) < 4.78 is 0. The second kappa shape index (κ2) is 3.80. The molecule has 0 aliphatic rings. The van der Waals surface area contributed by atoms with E-state index in [0.717, 1.165) is 0 Å². The number of aromatic nitrogens is 1. The molecule has 1 rings (SSSR count). The largest absolute Gasteiger partial charge is 0.478 e. The molecule has 13 heavy (non-hydrogen) atoms. The maximum absolute atomic E-state index is 10.7. The average molecular weight is 179 g/mol. The lowest BCUT2D eigenvalue weighted by Crippen LogP contribution is -2.02. The molecule has 1 aromatic heterocycles. The molecule has 0 aromatic carbocycles. The molecule has 0 radical (unpaired) electrons. The van der Waals surface area contributed by atoms with Crippen molar-refractivity contribution in [3.63, 3.8) is 0 Å². The van der Waals surface area contributed by atoms with Crippen LogP contribution in [0.2, 0.25) is 0 Å². The molecule has 0 bridgehead atoms. The molecule has 1 aromatic rings. The number of carboxylic acids is 1. The minimum Gasteiger partial charge on any atom is -0.478 e. The van der Waals surface area contributed by atoms with E-state index in [9.17, 15) is 9.59 Å². The van der Waals surface area contributed by atoms with Gasteiger partial charge in [0, 0.05) is 18.3 Å². The van der Waals surface area contributed by atoms with Gasteiger partial charge >= 0.3 is 5.97 Å². The smallest absolute Gasteiger partial charge is 0.337 e. The highest BCUT2D eigenvalue weighted by Gasteiger charge is 2.03. The summed E-state index contributed by atoms with van der Waals surface area (Å²) in [6.45, 7) is 1.47. The Labute approximate surface area is 75.2 Å². The molecule has 0 fully saturated rings. The summed E-state index contributed by atoms with van der Waals surface area (Å²) in [5.41, 5.74) is 0.727. The first-order valence-corrected chi connectivity index (χ1v) is 3.77. The minimum atomic E-state index is -1.01.